The van der Waals surface area contributed by atoms with Crippen LogP contribution in [-0.2, 0) is 0 Å². The van der Waals surface area contributed by atoms with Crippen LogP contribution in [0.5, 0.6) is 5.75 Å². The lowest BCUT2D eigenvalue weighted by Gasteiger charge is -2.07. The Balaban J connectivity index is 2.25. The Bertz CT molecular complexity index is 680. The van der Waals surface area contributed by atoms with Crippen molar-refractivity contribution in [2.45, 2.75) is 0 Å². The van der Waals surface area contributed by atoms with E-state index in [1.54, 1.807) is 6.07 Å². The second kappa shape index (κ2) is 5.14. The summed E-state index contributed by atoms with van der Waals surface area (Å²) in [4.78, 5) is 15.4. The number of nitriles is 1. The third-order valence-corrected chi connectivity index (χ3v) is 2.39. The van der Waals surface area contributed by atoms with Crippen molar-refractivity contribution >= 4 is 11.6 Å². The molecule has 0 atom stereocenters. The first-order chi connectivity index (χ1) is 9.11. The summed E-state index contributed by atoms with van der Waals surface area (Å²) in [7, 11) is 0. The number of nitrogens with one attached hydrogen (secondary N) is 1. The van der Waals surface area contributed by atoms with E-state index in [1.807, 2.05) is 0 Å². The topological polar surface area (TPSA) is 86.0 Å². The van der Waals surface area contributed by atoms with Gasteiger partial charge in [0.25, 0.3) is 5.91 Å². The van der Waals surface area contributed by atoms with Crippen LogP contribution in [0.2, 0.25) is 0 Å². The summed E-state index contributed by atoms with van der Waals surface area (Å²) >= 11 is 0. The molecule has 0 unspecified atom stereocenters. The van der Waals surface area contributed by atoms with Crippen LogP contribution >= 0.6 is 0 Å². The Kier molecular flexibility index (Phi) is 3.39. The first kappa shape index (κ1) is 12.5. The molecule has 0 radical (unpaired) electrons. The van der Waals surface area contributed by atoms with Crippen molar-refractivity contribution in [3.63, 3.8) is 0 Å². The minimum Gasteiger partial charge on any atom is -0.505 e. The molecule has 1 aromatic heterocycles. The van der Waals surface area contributed by atoms with E-state index in [-0.39, 0.29) is 22.6 Å². The van der Waals surface area contributed by atoms with Crippen LogP contribution in [0, 0.1) is 17.1 Å². The number of pyridine rings is 1. The second-order valence-electron chi connectivity index (χ2n) is 3.65. The number of hydrogen-bond acceptors (Lipinski definition) is 4. The van der Waals surface area contributed by atoms with Crippen LogP contribution in [0.3, 0.4) is 0 Å². The number of aromatic hydroxyl groups is 1. The fourth-order valence-electron chi connectivity index (χ4n) is 1.45. The van der Waals surface area contributed by atoms with E-state index in [2.05, 4.69) is 10.3 Å². The normalized spacial score (nSPS) is 9.68. The number of carbonyl (C=O) groups excluding carboxylic acids is 1. The number of anilines is 1. The lowest BCUT2D eigenvalue weighted by atomic mass is 10.2. The molecule has 0 aliphatic rings. The molecule has 2 rings (SSSR count). The van der Waals surface area contributed by atoms with Gasteiger partial charge in [0.05, 0.1) is 29.1 Å². The molecule has 0 aliphatic heterocycles. The molecule has 2 N–H and O–H groups in total. The summed E-state index contributed by atoms with van der Waals surface area (Å²) < 4.78 is 13.6. The van der Waals surface area contributed by atoms with Crippen molar-refractivity contribution in [1.82, 2.24) is 4.98 Å². The molecule has 0 saturated carbocycles. The molecule has 0 fully saturated rings. The van der Waals surface area contributed by atoms with E-state index in [9.17, 15) is 14.3 Å². The van der Waals surface area contributed by atoms with Crippen LogP contribution in [-0.4, -0.2) is 16.0 Å². The molecule has 1 aromatic carbocycles. The van der Waals surface area contributed by atoms with Gasteiger partial charge in [-0.2, -0.15) is 5.26 Å². The molecule has 94 valence electrons. The van der Waals surface area contributed by atoms with Crippen molar-refractivity contribution in [3.05, 3.63) is 53.6 Å². The number of hydrogen-bond donors (Lipinski definition) is 2. The van der Waals surface area contributed by atoms with Gasteiger partial charge in [-0.25, -0.2) is 4.39 Å². The number of amides is 1. The van der Waals surface area contributed by atoms with Crippen molar-refractivity contribution in [2.75, 3.05) is 5.32 Å². The molecule has 6 heteroatoms. The summed E-state index contributed by atoms with van der Waals surface area (Å²) in [5.74, 6) is -1.68. The highest BCUT2D eigenvalue weighted by molar-refractivity contribution is 6.06. The molecule has 2 aromatic rings. The van der Waals surface area contributed by atoms with Gasteiger partial charge in [-0.1, -0.05) is 0 Å². The maximum absolute atomic E-state index is 13.6. The van der Waals surface area contributed by atoms with Crippen molar-refractivity contribution < 1.29 is 14.3 Å². The predicted molar refractivity (Wildman–Crippen MR) is 65.0 cm³/mol. The average molecular weight is 257 g/mol. The standard InChI is InChI=1S/C13H8FN3O2/c14-10-5-8(6-15)1-2-11(10)17-13(19)9-3-4-16-7-12(9)18/h1-5,7,18H,(H,17,19). The molecular weight excluding hydrogens is 249 g/mol. The lowest BCUT2D eigenvalue weighted by Crippen LogP contribution is -2.13. The molecular formula is C13H8FN3O2. The van der Waals surface area contributed by atoms with Crippen molar-refractivity contribution in [2.24, 2.45) is 0 Å². The summed E-state index contributed by atoms with van der Waals surface area (Å²) in [5.41, 5.74) is 0.0706. The molecule has 19 heavy (non-hydrogen) atoms. The zero-order valence-corrected chi connectivity index (χ0v) is 9.59. The van der Waals surface area contributed by atoms with E-state index in [4.69, 9.17) is 5.26 Å². The van der Waals surface area contributed by atoms with E-state index in [1.165, 1.54) is 24.4 Å². The molecule has 0 bridgehead atoms. The third kappa shape index (κ3) is 2.66. The third-order valence-electron chi connectivity index (χ3n) is 2.39. The van der Waals surface area contributed by atoms with E-state index in [0.29, 0.717) is 0 Å². The fraction of sp³-hybridized carbons (Fsp3) is 0. The molecule has 0 aliphatic carbocycles. The molecule has 1 amide bonds. The van der Waals surface area contributed by atoms with Gasteiger partial charge in [0, 0.05) is 6.20 Å². The lowest BCUT2D eigenvalue weighted by molar-refractivity contribution is 0.102. The van der Waals surface area contributed by atoms with Crippen LogP contribution in [0.15, 0.2) is 36.7 Å². The van der Waals surface area contributed by atoms with Crippen LogP contribution in [0.1, 0.15) is 15.9 Å². The van der Waals surface area contributed by atoms with E-state index < -0.39 is 11.7 Å². The van der Waals surface area contributed by atoms with Gasteiger partial charge in [0.15, 0.2) is 0 Å². The predicted octanol–water partition coefficient (Wildman–Crippen LogP) is 2.05. The highest BCUT2D eigenvalue weighted by atomic mass is 19.1. The summed E-state index contributed by atoms with van der Waals surface area (Å²) in [6.07, 6.45) is 2.45. The van der Waals surface area contributed by atoms with Gasteiger partial charge in [-0.15, -0.1) is 0 Å². The molecule has 1 heterocycles. The zero-order valence-electron chi connectivity index (χ0n) is 9.59. The van der Waals surface area contributed by atoms with Crippen molar-refractivity contribution in [1.29, 1.82) is 5.26 Å². The van der Waals surface area contributed by atoms with Gasteiger partial charge >= 0.3 is 0 Å². The maximum atomic E-state index is 13.6. The van der Waals surface area contributed by atoms with Gasteiger partial charge < -0.3 is 10.4 Å². The molecule has 0 saturated heterocycles. The van der Waals surface area contributed by atoms with E-state index >= 15 is 0 Å². The average Bonchev–Trinajstić information content (AvgIpc) is 2.41. The van der Waals surface area contributed by atoms with Gasteiger partial charge in [-0.3, -0.25) is 9.78 Å². The van der Waals surface area contributed by atoms with Crippen LogP contribution in [0.25, 0.3) is 0 Å². The number of halogens is 1. The van der Waals surface area contributed by atoms with Crippen LogP contribution < -0.4 is 5.32 Å². The quantitative estimate of drug-likeness (QED) is 0.862. The SMILES string of the molecule is N#Cc1ccc(NC(=O)c2ccncc2O)c(F)c1. The number of carbonyl (C=O) groups is 1. The van der Waals surface area contributed by atoms with Gasteiger partial charge in [-0.05, 0) is 24.3 Å². The summed E-state index contributed by atoms with van der Waals surface area (Å²) in [6.45, 7) is 0. The minimum atomic E-state index is -0.721. The first-order valence-electron chi connectivity index (χ1n) is 5.26. The second-order valence-corrected chi connectivity index (χ2v) is 3.65. The number of aromatic nitrogens is 1. The Morgan fingerprint density at radius 2 is 2.21 bits per heavy atom. The van der Waals surface area contributed by atoms with Crippen molar-refractivity contribution in [3.8, 4) is 11.8 Å². The van der Waals surface area contributed by atoms with Gasteiger partial charge in [0.1, 0.15) is 11.6 Å². The molecule has 0 spiro atoms. The fourth-order valence-corrected chi connectivity index (χ4v) is 1.45. The van der Waals surface area contributed by atoms with Gasteiger partial charge in [0.2, 0.25) is 0 Å². The highest BCUT2D eigenvalue weighted by Gasteiger charge is 2.13. The Hall–Kier alpha value is -2.94. The Morgan fingerprint density at radius 3 is 2.84 bits per heavy atom. The zero-order chi connectivity index (χ0) is 13.8. The van der Waals surface area contributed by atoms with E-state index in [0.717, 1.165) is 12.3 Å². The monoisotopic (exact) mass is 257 g/mol. The largest absolute Gasteiger partial charge is 0.505 e. The Morgan fingerprint density at radius 1 is 1.42 bits per heavy atom. The number of nitrogens with zero attached hydrogens (tertiary/aromatic N) is 2. The number of rotatable bonds is 2. The highest BCUT2D eigenvalue weighted by Crippen LogP contribution is 2.19. The summed E-state index contributed by atoms with van der Waals surface area (Å²) in [6, 6.07) is 6.78. The van der Waals surface area contributed by atoms with Crippen LogP contribution in [0.4, 0.5) is 10.1 Å². The minimum absolute atomic E-state index is 0.0150. The smallest absolute Gasteiger partial charge is 0.259 e. The molecule has 5 nitrogen and oxygen atoms in total. The number of benzene rings is 1. The summed E-state index contributed by atoms with van der Waals surface area (Å²) in [5, 5.41) is 20.4. The Labute approximate surface area is 108 Å². The first-order valence-corrected chi connectivity index (χ1v) is 5.26. The maximum Gasteiger partial charge on any atom is 0.259 e.